The highest BCUT2D eigenvalue weighted by molar-refractivity contribution is 7.20. The zero-order chi connectivity index (χ0) is 19.8. The Balaban J connectivity index is 1.45. The van der Waals surface area contributed by atoms with Crippen molar-refractivity contribution in [3.63, 3.8) is 0 Å². The summed E-state index contributed by atoms with van der Waals surface area (Å²) in [7, 11) is 0. The van der Waals surface area contributed by atoms with Crippen LogP contribution in [-0.2, 0) is 9.53 Å². The normalized spacial score (nSPS) is 12.2. The fourth-order valence-corrected chi connectivity index (χ4v) is 3.67. The van der Waals surface area contributed by atoms with Crippen molar-refractivity contribution in [3.05, 3.63) is 63.6 Å². The number of carbonyl (C=O) groups excluding carboxylic acids is 2. The maximum absolute atomic E-state index is 13.3. The molecule has 0 radical (unpaired) electrons. The smallest absolute Gasteiger partial charge is 0.349 e. The third kappa shape index (κ3) is 3.52. The van der Waals surface area contributed by atoms with E-state index in [-0.39, 0.29) is 10.6 Å². The molecule has 3 N–H and O–H groups in total. The zero-order valence-electron chi connectivity index (χ0n) is 14.5. The second kappa shape index (κ2) is 6.93. The first-order valence-electron chi connectivity index (χ1n) is 8.32. The van der Waals surface area contributed by atoms with E-state index in [2.05, 4.69) is 15.3 Å². The molecule has 0 saturated heterocycles. The van der Waals surface area contributed by atoms with Gasteiger partial charge >= 0.3 is 11.7 Å². The second-order valence-corrected chi connectivity index (χ2v) is 7.25. The minimum absolute atomic E-state index is 0.284. The molecule has 28 heavy (non-hydrogen) atoms. The van der Waals surface area contributed by atoms with Crippen molar-refractivity contribution in [1.82, 2.24) is 9.97 Å². The Labute approximate surface area is 161 Å². The van der Waals surface area contributed by atoms with E-state index in [0.717, 1.165) is 4.70 Å². The van der Waals surface area contributed by atoms with Crippen LogP contribution in [0.15, 0.2) is 47.3 Å². The number of hydrogen-bond acceptors (Lipinski definition) is 5. The molecule has 4 aromatic rings. The lowest BCUT2D eigenvalue weighted by atomic mass is 10.2. The van der Waals surface area contributed by atoms with E-state index in [4.69, 9.17) is 4.74 Å². The lowest BCUT2D eigenvalue weighted by Crippen LogP contribution is -2.29. The molecule has 142 valence electrons. The van der Waals surface area contributed by atoms with Crippen molar-refractivity contribution in [1.29, 1.82) is 0 Å². The van der Waals surface area contributed by atoms with Crippen LogP contribution >= 0.6 is 11.3 Å². The van der Waals surface area contributed by atoms with Gasteiger partial charge in [-0.25, -0.2) is 14.0 Å². The maximum atomic E-state index is 13.3. The lowest BCUT2D eigenvalue weighted by molar-refractivity contribution is -0.123. The SMILES string of the molecule is C[C@@H](OC(=O)c1cc2cc(F)ccc2s1)C(=O)Nc1ccc2[nH]c(=O)[nH]c2c1. The highest BCUT2D eigenvalue weighted by Gasteiger charge is 2.21. The number of anilines is 1. The fraction of sp³-hybridized carbons (Fsp3) is 0.105. The molecule has 0 fully saturated rings. The van der Waals surface area contributed by atoms with Gasteiger partial charge in [-0.05, 0) is 54.8 Å². The summed E-state index contributed by atoms with van der Waals surface area (Å²) in [6.07, 6.45) is -1.05. The number of rotatable bonds is 4. The highest BCUT2D eigenvalue weighted by atomic mass is 32.1. The van der Waals surface area contributed by atoms with Crippen LogP contribution in [0.4, 0.5) is 10.1 Å². The average Bonchev–Trinajstić information content (AvgIpc) is 3.23. The minimum Gasteiger partial charge on any atom is -0.448 e. The van der Waals surface area contributed by atoms with Crippen molar-refractivity contribution in [3.8, 4) is 0 Å². The zero-order valence-corrected chi connectivity index (χ0v) is 15.4. The number of thiophene rings is 1. The van der Waals surface area contributed by atoms with Gasteiger partial charge in [0.1, 0.15) is 10.7 Å². The number of aromatic nitrogens is 2. The van der Waals surface area contributed by atoms with Crippen LogP contribution in [0.3, 0.4) is 0 Å². The van der Waals surface area contributed by atoms with E-state index < -0.39 is 23.8 Å². The summed E-state index contributed by atoms with van der Waals surface area (Å²) in [6.45, 7) is 1.46. The van der Waals surface area contributed by atoms with Gasteiger partial charge in [-0.1, -0.05) is 0 Å². The molecule has 0 aliphatic carbocycles. The number of aromatic amines is 2. The molecule has 2 aromatic heterocycles. The van der Waals surface area contributed by atoms with Crippen LogP contribution < -0.4 is 11.0 Å². The number of hydrogen-bond donors (Lipinski definition) is 3. The molecule has 0 aliphatic rings. The number of carbonyl (C=O) groups is 2. The molecule has 2 aromatic carbocycles. The number of nitrogens with one attached hydrogen (secondary N) is 3. The summed E-state index contributed by atoms with van der Waals surface area (Å²) in [5, 5.41) is 3.24. The van der Waals surface area contributed by atoms with Gasteiger partial charge in [-0.2, -0.15) is 0 Å². The van der Waals surface area contributed by atoms with E-state index in [1.165, 1.54) is 36.5 Å². The van der Waals surface area contributed by atoms with Crippen LogP contribution in [0.5, 0.6) is 0 Å². The first-order chi connectivity index (χ1) is 13.4. The number of esters is 1. The minimum atomic E-state index is -1.05. The van der Waals surface area contributed by atoms with Crippen molar-refractivity contribution in [2.24, 2.45) is 0 Å². The summed E-state index contributed by atoms with van der Waals surface area (Å²) < 4.78 is 19.3. The van der Waals surface area contributed by atoms with Gasteiger partial charge in [-0.3, -0.25) is 4.79 Å². The third-order valence-electron chi connectivity index (χ3n) is 4.12. The number of benzene rings is 2. The predicted molar refractivity (Wildman–Crippen MR) is 104 cm³/mol. The largest absolute Gasteiger partial charge is 0.448 e. The number of halogens is 1. The average molecular weight is 399 g/mol. The van der Waals surface area contributed by atoms with Gasteiger partial charge in [0.25, 0.3) is 5.91 Å². The highest BCUT2D eigenvalue weighted by Crippen LogP contribution is 2.27. The monoisotopic (exact) mass is 399 g/mol. The summed E-state index contributed by atoms with van der Waals surface area (Å²) in [4.78, 5) is 41.4. The van der Waals surface area contributed by atoms with Crippen LogP contribution in [-0.4, -0.2) is 27.9 Å². The standard InChI is InChI=1S/C19H14FN3O4S/c1-9(17(24)21-12-3-4-13-14(8-12)23-19(26)22-13)27-18(25)16-7-10-6-11(20)2-5-15(10)28-16/h2-9H,1H3,(H,21,24)(H2,22,23,26)/t9-/m1/s1. The molecule has 0 saturated carbocycles. The molecule has 9 heteroatoms. The van der Waals surface area contributed by atoms with Gasteiger partial charge in [0.2, 0.25) is 0 Å². The quantitative estimate of drug-likeness (QED) is 0.458. The van der Waals surface area contributed by atoms with Crippen molar-refractivity contribution in [2.45, 2.75) is 13.0 Å². The Morgan fingerprint density at radius 3 is 2.71 bits per heavy atom. The number of H-pyrrole nitrogens is 2. The molecule has 2 heterocycles. The molecule has 7 nitrogen and oxygen atoms in total. The van der Waals surface area contributed by atoms with Crippen molar-refractivity contribution >= 4 is 50.0 Å². The molecule has 1 amide bonds. The summed E-state index contributed by atoms with van der Waals surface area (Å²) in [6, 6.07) is 10.6. The number of fused-ring (bicyclic) bond motifs is 2. The molecule has 0 spiro atoms. The van der Waals surface area contributed by atoms with E-state index in [0.29, 0.717) is 22.1 Å². The third-order valence-corrected chi connectivity index (χ3v) is 5.21. The van der Waals surface area contributed by atoms with Gasteiger partial charge in [0.05, 0.1) is 11.0 Å². The first-order valence-corrected chi connectivity index (χ1v) is 9.14. The topological polar surface area (TPSA) is 104 Å². The van der Waals surface area contributed by atoms with Crippen LogP contribution in [0.2, 0.25) is 0 Å². The van der Waals surface area contributed by atoms with Crippen LogP contribution in [0.25, 0.3) is 21.1 Å². The predicted octanol–water partition coefficient (Wildman–Crippen LogP) is 3.39. The Hall–Kier alpha value is -3.46. The summed E-state index contributed by atoms with van der Waals surface area (Å²) in [5.41, 5.74) is 1.27. The number of imidazole rings is 1. The maximum Gasteiger partial charge on any atom is 0.349 e. The molecular formula is C19H14FN3O4S. The van der Waals surface area contributed by atoms with Gasteiger partial charge in [-0.15, -0.1) is 11.3 Å². The van der Waals surface area contributed by atoms with Gasteiger partial charge in [0, 0.05) is 10.4 Å². The molecular weight excluding hydrogens is 385 g/mol. The van der Waals surface area contributed by atoms with E-state index in [1.54, 1.807) is 24.3 Å². The summed E-state index contributed by atoms with van der Waals surface area (Å²) in [5.74, 6) is -1.56. The molecule has 4 rings (SSSR count). The fourth-order valence-electron chi connectivity index (χ4n) is 2.74. The molecule has 1 atom stereocenters. The molecule has 0 bridgehead atoms. The summed E-state index contributed by atoms with van der Waals surface area (Å²) >= 11 is 1.17. The Kier molecular flexibility index (Phi) is 4.44. The second-order valence-electron chi connectivity index (χ2n) is 6.17. The number of ether oxygens (including phenoxy) is 1. The van der Waals surface area contributed by atoms with Gasteiger partial charge < -0.3 is 20.0 Å². The van der Waals surface area contributed by atoms with Gasteiger partial charge in [0.15, 0.2) is 6.10 Å². The Bertz CT molecular complexity index is 1270. The van der Waals surface area contributed by atoms with Crippen LogP contribution in [0.1, 0.15) is 16.6 Å². The number of amides is 1. The molecule has 0 unspecified atom stereocenters. The lowest BCUT2D eigenvalue weighted by Gasteiger charge is -2.13. The van der Waals surface area contributed by atoms with E-state index >= 15 is 0 Å². The van der Waals surface area contributed by atoms with Crippen molar-refractivity contribution in [2.75, 3.05) is 5.32 Å². The Morgan fingerprint density at radius 2 is 1.89 bits per heavy atom. The van der Waals surface area contributed by atoms with Crippen LogP contribution in [0, 0.1) is 5.82 Å². The van der Waals surface area contributed by atoms with E-state index in [9.17, 15) is 18.8 Å². The Morgan fingerprint density at radius 1 is 1.11 bits per heavy atom. The van der Waals surface area contributed by atoms with E-state index in [1.807, 2.05) is 0 Å². The van der Waals surface area contributed by atoms with Crippen molar-refractivity contribution < 1.29 is 18.7 Å². The molecule has 0 aliphatic heterocycles. The first kappa shape index (κ1) is 17.9.